The highest BCUT2D eigenvalue weighted by molar-refractivity contribution is 4.80. The summed E-state index contributed by atoms with van der Waals surface area (Å²) in [6, 6.07) is 6.04. The summed E-state index contributed by atoms with van der Waals surface area (Å²) in [4.78, 5) is 0. The summed E-state index contributed by atoms with van der Waals surface area (Å²) in [6.45, 7) is 2.32. The summed E-state index contributed by atoms with van der Waals surface area (Å²) in [5, 5.41) is 25.6. The molecule has 0 aliphatic heterocycles. The fourth-order valence-corrected chi connectivity index (χ4v) is 1.78. The monoisotopic (exact) mass is 309 g/mol. The number of ether oxygens (including phenoxy) is 4. The van der Waals surface area contributed by atoms with Crippen molar-refractivity contribution in [1.29, 1.82) is 15.8 Å². The molecule has 0 spiro atoms. The number of methoxy groups -OCH3 is 1. The summed E-state index contributed by atoms with van der Waals surface area (Å²) in [7, 11) is 1.58. The molecule has 0 saturated carbocycles. The third kappa shape index (κ3) is 10.1. The van der Waals surface area contributed by atoms with Crippen LogP contribution in [0.15, 0.2) is 0 Å². The number of hydrogen-bond acceptors (Lipinski definition) is 7. The Morgan fingerprint density at radius 1 is 0.682 bits per heavy atom. The Bertz CT molecular complexity index is 340. The van der Waals surface area contributed by atoms with Crippen molar-refractivity contribution < 1.29 is 18.9 Å². The van der Waals surface area contributed by atoms with Crippen molar-refractivity contribution in [1.82, 2.24) is 0 Å². The van der Waals surface area contributed by atoms with Crippen molar-refractivity contribution in [3.8, 4) is 18.2 Å². The molecule has 0 aliphatic carbocycles. The van der Waals surface area contributed by atoms with E-state index in [1.54, 1.807) is 7.11 Å². The van der Waals surface area contributed by atoms with Gasteiger partial charge in [-0.1, -0.05) is 0 Å². The van der Waals surface area contributed by atoms with Gasteiger partial charge in [0.05, 0.1) is 89.1 Å². The van der Waals surface area contributed by atoms with Gasteiger partial charge in [0.15, 0.2) is 0 Å². The third-order valence-electron chi connectivity index (χ3n) is 2.75. The second-order valence-electron chi connectivity index (χ2n) is 4.82. The fourth-order valence-electron chi connectivity index (χ4n) is 1.78. The minimum atomic E-state index is -0.519. The van der Waals surface area contributed by atoms with E-state index in [0.29, 0.717) is 65.5 Å². The van der Waals surface area contributed by atoms with E-state index in [9.17, 15) is 0 Å². The smallest absolute Gasteiger partial charge is 0.0645 e. The molecule has 0 aromatic heterocycles. The van der Waals surface area contributed by atoms with E-state index < -0.39 is 5.41 Å². The van der Waals surface area contributed by atoms with Gasteiger partial charge in [-0.2, -0.15) is 15.8 Å². The SMILES string of the molecule is COCC(COCCC#N)(COCCC#N)COCCC#N. The van der Waals surface area contributed by atoms with Gasteiger partial charge in [-0.3, -0.25) is 0 Å². The van der Waals surface area contributed by atoms with Crippen LogP contribution < -0.4 is 0 Å². The van der Waals surface area contributed by atoms with Crippen molar-refractivity contribution in [3.05, 3.63) is 0 Å². The van der Waals surface area contributed by atoms with Crippen molar-refractivity contribution >= 4 is 0 Å². The summed E-state index contributed by atoms with van der Waals surface area (Å²) in [6.07, 6.45) is 0.939. The molecule has 22 heavy (non-hydrogen) atoms. The van der Waals surface area contributed by atoms with E-state index in [1.165, 1.54) is 0 Å². The molecule has 122 valence electrons. The number of rotatable bonds is 14. The van der Waals surface area contributed by atoms with Gasteiger partial charge in [0.2, 0.25) is 0 Å². The molecule has 0 amide bonds. The van der Waals surface area contributed by atoms with Crippen LogP contribution in [0.1, 0.15) is 19.3 Å². The minimum absolute atomic E-state index is 0.313. The predicted molar refractivity (Wildman–Crippen MR) is 77.5 cm³/mol. The Morgan fingerprint density at radius 3 is 1.32 bits per heavy atom. The van der Waals surface area contributed by atoms with Crippen molar-refractivity contribution in [2.45, 2.75) is 19.3 Å². The average Bonchev–Trinajstić information content (AvgIpc) is 2.53. The van der Waals surface area contributed by atoms with Crippen LogP contribution in [0.2, 0.25) is 0 Å². The lowest BCUT2D eigenvalue weighted by Crippen LogP contribution is -2.41. The molecular weight excluding hydrogens is 286 g/mol. The lowest BCUT2D eigenvalue weighted by Gasteiger charge is -2.32. The maximum atomic E-state index is 8.53. The molecule has 0 atom stereocenters. The molecule has 0 aliphatic rings. The van der Waals surface area contributed by atoms with Gasteiger partial charge < -0.3 is 18.9 Å². The summed E-state index contributed by atoms with van der Waals surface area (Å²) < 4.78 is 21.8. The van der Waals surface area contributed by atoms with Gasteiger partial charge in [0.25, 0.3) is 0 Å². The van der Waals surface area contributed by atoms with E-state index in [1.807, 2.05) is 18.2 Å². The van der Waals surface area contributed by atoms with E-state index in [-0.39, 0.29) is 0 Å². The van der Waals surface area contributed by atoms with Crippen LogP contribution in [-0.2, 0) is 18.9 Å². The lowest BCUT2D eigenvalue weighted by atomic mass is 9.92. The van der Waals surface area contributed by atoms with E-state index >= 15 is 0 Å². The van der Waals surface area contributed by atoms with Crippen LogP contribution in [0, 0.1) is 39.4 Å². The first kappa shape index (κ1) is 20.3. The highest BCUT2D eigenvalue weighted by Gasteiger charge is 2.32. The highest BCUT2D eigenvalue weighted by atomic mass is 16.5. The van der Waals surface area contributed by atoms with Crippen molar-refractivity contribution in [2.24, 2.45) is 5.41 Å². The summed E-state index contributed by atoms with van der Waals surface area (Å²) in [5.41, 5.74) is -0.519. The Labute approximate surface area is 131 Å². The van der Waals surface area contributed by atoms with Crippen LogP contribution in [0.5, 0.6) is 0 Å². The van der Waals surface area contributed by atoms with Gasteiger partial charge in [0.1, 0.15) is 0 Å². The van der Waals surface area contributed by atoms with Gasteiger partial charge in [0, 0.05) is 7.11 Å². The maximum Gasteiger partial charge on any atom is 0.0645 e. The molecule has 0 saturated heterocycles. The molecule has 0 heterocycles. The first-order valence-corrected chi connectivity index (χ1v) is 7.07. The van der Waals surface area contributed by atoms with Gasteiger partial charge >= 0.3 is 0 Å². The zero-order valence-electron chi connectivity index (χ0n) is 13.0. The van der Waals surface area contributed by atoms with Crippen molar-refractivity contribution in [3.63, 3.8) is 0 Å². The van der Waals surface area contributed by atoms with Crippen LogP contribution in [-0.4, -0.2) is 53.4 Å². The molecule has 0 bridgehead atoms. The molecule has 7 nitrogen and oxygen atoms in total. The third-order valence-corrected chi connectivity index (χ3v) is 2.75. The van der Waals surface area contributed by atoms with Crippen LogP contribution in [0.3, 0.4) is 0 Å². The van der Waals surface area contributed by atoms with E-state index in [4.69, 9.17) is 34.7 Å². The quantitative estimate of drug-likeness (QED) is 0.446. The molecule has 7 heteroatoms. The normalized spacial score (nSPS) is 10.6. The molecule has 0 aromatic rings. The van der Waals surface area contributed by atoms with E-state index in [2.05, 4.69) is 0 Å². The standard InChI is InChI=1S/C15H23N3O4/c1-19-11-15(12-20-8-2-5-16,13-21-9-3-6-17)14-22-10-4-7-18/h2-4,8-14H2,1H3. The minimum Gasteiger partial charge on any atom is -0.384 e. The summed E-state index contributed by atoms with van der Waals surface area (Å²) >= 11 is 0. The van der Waals surface area contributed by atoms with Crippen LogP contribution >= 0.6 is 0 Å². The van der Waals surface area contributed by atoms with Gasteiger partial charge in [-0.15, -0.1) is 0 Å². The van der Waals surface area contributed by atoms with Gasteiger partial charge in [-0.05, 0) is 0 Å². The number of nitrogens with zero attached hydrogens (tertiary/aromatic N) is 3. The topological polar surface area (TPSA) is 108 Å². The first-order chi connectivity index (χ1) is 10.7. The number of hydrogen-bond donors (Lipinski definition) is 0. The Kier molecular flexibility index (Phi) is 13.2. The highest BCUT2D eigenvalue weighted by Crippen LogP contribution is 2.20. The zero-order chi connectivity index (χ0) is 16.5. The molecule has 0 fully saturated rings. The average molecular weight is 309 g/mol. The molecule has 0 rings (SSSR count). The zero-order valence-corrected chi connectivity index (χ0v) is 13.0. The molecule has 0 unspecified atom stereocenters. The van der Waals surface area contributed by atoms with Crippen molar-refractivity contribution in [2.75, 3.05) is 53.4 Å². The lowest BCUT2D eigenvalue weighted by molar-refractivity contribution is -0.0981. The Morgan fingerprint density at radius 2 is 1.05 bits per heavy atom. The van der Waals surface area contributed by atoms with Crippen LogP contribution in [0.25, 0.3) is 0 Å². The predicted octanol–water partition coefficient (Wildman–Crippen LogP) is 1.41. The molecule has 0 N–H and O–H groups in total. The fraction of sp³-hybridized carbons (Fsp3) is 0.800. The Balaban J connectivity index is 4.51. The van der Waals surface area contributed by atoms with E-state index in [0.717, 1.165) is 0 Å². The molecular formula is C15H23N3O4. The largest absolute Gasteiger partial charge is 0.384 e. The maximum absolute atomic E-state index is 8.53. The first-order valence-electron chi connectivity index (χ1n) is 7.07. The Hall–Kier alpha value is -1.69. The molecule has 0 radical (unpaired) electrons. The second-order valence-corrected chi connectivity index (χ2v) is 4.82. The summed E-state index contributed by atoms with van der Waals surface area (Å²) in [5.74, 6) is 0. The number of nitriles is 3. The van der Waals surface area contributed by atoms with Crippen LogP contribution in [0.4, 0.5) is 0 Å². The second kappa shape index (κ2) is 14.3. The van der Waals surface area contributed by atoms with Gasteiger partial charge in [-0.25, -0.2) is 0 Å². The molecule has 0 aromatic carbocycles.